The number of ether oxygens (including phenoxy) is 3. The summed E-state index contributed by atoms with van der Waals surface area (Å²) in [6, 6.07) is 20.7. The van der Waals surface area contributed by atoms with E-state index in [1.807, 2.05) is 77.6 Å². The first-order chi connectivity index (χ1) is 16.2. The second kappa shape index (κ2) is 9.08. The molecule has 0 atom stereocenters. The van der Waals surface area contributed by atoms with Crippen LogP contribution in [0, 0.1) is 0 Å². The Balaban J connectivity index is 1.17. The van der Waals surface area contributed by atoms with Crippen molar-refractivity contribution in [2.75, 3.05) is 25.1 Å². The number of anilines is 1. The number of esters is 1. The number of hydrogen-bond donors (Lipinski definition) is 0. The Bertz CT molecular complexity index is 1230. The van der Waals surface area contributed by atoms with Crippen LogP contribution in [0.4, 0.5) is 5.69 Å². The summed E-state index contributed by atoms with van der Waals surface area (Å²) in [5, 5.41) is 0. The molecule has 7 heteroatoms. The number of methoxy groups -OCH3 is 1. The monoisotopic (exact) mass is 441 g/mol. The molecule has 0 aliphatic carbocycles. The van der Waals surface area contributed by atoms with E-state index in [0.717, 1.165) is 41.7 Å². The molecule has 0 N–H and O–H groups in total. The maximum absolute atomic E-state index is 12.1. The van der Waals surface area contributed by atoms with Crippen molar-refractivity contribution in [2.24, 2.45) is 0 Å². The van der Waals surface area contributed by atoms with Crippen molar-refractivity contribution in [1.29, 1.82) is 0 Å². The SMILES string of the molecule is COC(=O)c1ccccc1-n1ccc(N2CC(Oc3ccc(Oc4ccncc4)cc3)C2)c1. The van der Waals surface area contributed by atoms with E-state index in [4.69, 9.17) is 14.2 Å². The van der Waals surface area contributed by atoms with Crippen LogP contribution in [0.5, 0.6) is 17.2 Å². The molecule has 3 heterocycles. The Morgan fingerprint density at radius 1 is 0.909 bits per heavy atom. The quantitative estimate of drug-likeness (QED) is 0.387. The van der Waals surface area contributed by atoms with Crippen LogP contribution in [0.3, 0.4) is 0 Å². The van der Waals surface area contributed by atoms with Crippen LogP contribution >= 0.6 is 0 Å². The van der Waals surface area contributed by atoms with Crippen LogP contribution in [0.15, 0.2) is 91.5 Å². The van der Waals surface area contributed by atoms with Crippen LogP contribution in [-0.4, -0.2) is 41.8 Å². The summed E-state index contributed by atoms with van der Waals surface area (Å²) in [5.74, 6) is 1.95. The topological polar surface area (TPSA) is 65.8 Å². The normalized spacial score (nSPS) is 13.3. The predicted octanol–water partition coefficient (Wildman–Crippen LogP) is 4.72. The summed E-state index contributed by atoms with van der Waals surface area (Å²) in [6.07, 6.45) is 7.47. The zero-order chi connectivity index (χ0) is 22.6. The first-order valence-corrected chi connectivity index (χ1v) is 10.6. The summed E-state index contributed by atoms with van der Waals surface area (Å²) in [6.45, 7) is 1.58. The van der Waals surface area contributed by atoms with Crippen LogP contribution < -0.4 is 14.4 Å². The van der Waals surface area contributed by atoms with Gasteiger partial charge in [-0.2, -0.15) is 0 Å². The van der Waals surface area contributed by atoms with Crippen molar-refractivity contribution in [3.05, 3.63) is 97.1 Å². The van der Waals surface area contributed by atoms with Crippen molar-refractivity contribution in [1.82, 2.24) is 9.55 Å². The van der Waals surface area contributed by atoms with Crippen LogP contribution in [0.1, 0.15) is 10.4 Å². The molecule has 2 aromatic heterocycles. The van der Waals surface area contributed by atoms with Crippen molar-refractivity contribution < 1.29 is 19.0 Å². The molecule has 0 unspecified atom stereocenters. The van der Waals surface area contributed by atoms with E-state index >= 15 is 0 Å². The summed E-state index contributed by atoms with van der Waals surface area (Å²) in [5.41, 5.74) is 2.40. The van der Waals surface area contributed by atoms with Crippen molar-refractivity contribution in [3.8, 4) is 22.9 Å². The fraction of sp³-hybridized carbons (Fsp3) is 0.154. The molecule has 0 amide bonds. The summed E-state index contributed by atoms with van der Waals surface area (Å²) in [7, 11) is 1.39. The third-order valence-electron chi connectivity index (χ3n) is 5.49. The molecule has 166 valence electrons. The highest BCUT2D eigenvalue weighted by Crippen LogP contribution is 2.28. The lowest BCUT2D eigenvalue weighted by Crippen LogP contribution is -2.53. The molecule has 0 spiro atoms. The number of carbonyl (C=O) groups excluding carboxylic acids is 1. The Hall–Kier alpha value is -4.26. The van der Waals surface area contributed by atoms with Crippen molar-refractivity contribution in [3.63, 3.8) is 0 Å². The van der Waals surface area contributed by atoms with Gasteiger partial charge in [-0.05, 0) is 54.6 Å². The van der Waals surface area contributed by atoms with Gasteiger partial charge in [0, 0.05) is 24.8 Å². The number of para-hydroxylation sites is 1. The van der Waals surface area contributed by atoms with E-state index in [0.29, 0.717) is 5.56 Å². The van der Waals surface area contributed by atoms with Crippen molar-refractivity contribution in [2.45, 2.75) is 6.10 Å². The first kappa shape index (κ1) is 20.6. The van der Waals surface area contributed by atoms with Gasteiger partial charge in [-0.25, -0.2) is 4.79 Å². The van der Waals surface area contributed by atoms with Gasteiger partial charge in [-0.1, -0.05) is 12.1 Å². The van der Waals surface area contributed by atoms with Gasteiger partial charge < -0.3 is 23.7 Å². The zero-order valence-electron chi connectivity index (χ0n) is 18.1. The van der Waals surface area contributed by atoms with Crippen LogP contribution in [0.2, 0.25) is 0 Å². The average molecular weight is 441 g/mol. The molecule has 5 rings (SSSR count). The standard InChI is InChI=1S/C26H23N3O4/c1-31-26(30)24-4-2-3-5-25(24)28-15-12-19(16-28)29-17-23(18-29)33-21-8-6-20(7-9-21)32-22-10-13-27-14-11-22/h2-16,23H,17-18H2,1H3. The molecule has 1 fully saturated rings. The van der Waals surface area contributed by atoms with Gasteiger partial charge in [0.1, 0.15) is 23.4 Å². The van der Waals surface area contributed by atoms with E-state index in [9.17, 15) is 4.79 Å². The second-order valence-corrected chi connectivity index (χ2v) is 7.69. The molecule has 7 nitrogen and oxygen atoms in total. The first-order valence-electron chi connectivity index (χ1n) is 10.6. The van der Waals surface area contributed by atoms with Crippen LogP contribution in [-0.2, 0) is 4.74 Å². The molecule has 1 aliphatic rings. The lowest BCUT2D eigenvalue weighted by atomic mass is 10.1. The van der Waals surface area contributed by atoms with Gasteiger partial charge in [-0.15, -0.1) is 0 Å². The maximum atomic E-state index is 12.1. The third-order valence-corrected chi connectivity index (χ3v) is 5.49. The minimum Gasteiger partial charge on any atom is -0.487 e. The number of hydrogen-bond acceptors (Lipinski definition) is 6. The van der Waals surface area contributed by atoms with E-state index in [1.54, 1.807) is 18.5 Å². The maximum Gasteiger partial charge on any atom is 0.339 e. The van der Waals surface area contributed by atoms with Crippen molar-refractivity contribution >= 4 is 11.7 Å². The summed E-state index contributed by atoms with van der Waals surface area (Å²) in [4.78, 5) is 18.3. The largest absolute Gasteiger partial charge is 0.487 e. The number of benzene rings is 2. The number of aromatic nitrogens is 2. The van der Waals surface area contributed by atoms with E-state index < -0.39 is 0 Å². The predicted molar refractivity (Wildman–Crippen MR) is 124 cm³/mol. The molecule has 0 bridgehead atoms. The Labute approximate surface area is 191 Å². The molecule has 1 saturated heterocycles. The van der Waals surface area contributed by atoms with Gasteiger partial charge in [0.25, 0.3) is 0 Å². The molecular weight excluding hydrogens is 418 g/mol. The minimum absolute atomic E-state index is 0.114. The Morgan fingerprint density at radius 2 is 1.61 bits per heavy atom. The van der Waals surface area contributed by atoms with E-state index in [2.05, 4.69) is 9.88 Å². The van der Waals surface area contributed by atoms with Gasteiger partial charge in [0.05, 0.1) is 37.1 Å². The Morgan fingerprint density at radius 3 is 2.36 bits per heavy atom. The number of carbonyl (C=O) groups is 1. The van der Waals surface area contributed by atoms with Gasteiger partial charge in [0.15, 0.2) is 0 Å². The van der Waals surface area contributed by atoms with Gasteiger partial charge in [-0.3, -0.25) is 4.98 Å². The molecule has 4 aromatic rings. The smallest absolute Gasteiger partial charge is 0.339 e. The molecular formula is C26H23N3O4. The number of rotatable bonds is 7. The molecule has 0 radical (unpaired) electrons. The fourth-order valence-corrected chi connectivity index (χ4v) is 3.75. The van der Waals surface area contributed by atoms with E-state index in [1.165, 1.54) is 7.11 Å². The molecule has 0 saturated carbocycles. The Kier molecular flexibility index (Phi) is 5.68. The van der Waals surface area contributed by atoms with Gasteiger partial charge >= 0.3 is 5.97 Å². The molecule has 2 aromatic carbocycles. The highest BCUT2D eigenvalue weighted by molar-refractivity contribution is 5.93. The average Bonchev–Trinajstić information content (AvgIpc) is 3.32. The highest BCUT2D eigenvalue weighted by Gasteiger charge is 2.29. The molecule has 33 heavy (non-hydrogen) atoms. The zero-order valence-corrected chi connectivity index (χ0v) is 18.1. The lowest BCUT2D eigenvalue weighted by Gasteiger charge is -2.40. The highest BCUT2D eigenvalue weighted by atomic mass is 16.5. The summed E-state index contributed by atoms with van der Waals surface area (Å²) < 4.78 is 18.7. The lowest BCUT2D eigenvalue weighted by molar-refractivity contribution is 0.0600. The number of pyridine rings is 1. The number of nitrogens with zero attached hydrogens (tertiary/aromatic N) is 3. The van der Waals surface area contributed by atoms with Crippen LogP contribution in [0.25, 0.3) is 5.69 Å². The second-order valence-electron chi connectivity index (χ2n) is 7.69. The summed E-state index contributed by atoms with van der Waals surface area (Å²) >= 11 is 0. The molecule has 1 aliphatic heterocycles. The third kappa shape index (κ3) is 4.52. The minimum atomic E-state index is -0.351. The van der Waals surface area contributed by atoms with Gasteiger partial charge in [0.2, 0.25) is 0 Å². The fourth-order valence-electron chi connectivity index (χ4n) is 3.75. The van der Waals surface area contributed by atoms with E-state index in [-0.39, 0.29) is 12.1 Å².